The van der Waals surface area contributed by atoms with Gasteiger partial charge in [0, 0.05) is 18.1 Å². The number of amides is 3. The molecule has 1 aromatic rings. The van der Waals surface area contributed by atoms with Gasteiger partial charge in [-0.15, -0.1) is 0 Å². The molecule has 0 radical (unpaired) electrons. The highest BCUT2D eigenvalue weighted by Gasteiger charge is 2.73. The molecule has 1 spiro atoms. The zero-order valence-corrected chi connectivity index (χ0v) is 18.7. The minimum absolute atomic E-state index is 0.198. The van der Waals surface area contributed by atoms with Crippen LogP contribution in [-0.4, -0.2) is 51.9 Å². The number of hydrogen-bond donors (Lipinski definition) is 2. The van der Waals surface area contributed by atoms with Crippen LogP contribution < -0.4 is 10.6 Å². The van der Waals surface area contributed by atoms with Crippen LogP contribution in [0.25, 0.3) is 0 Å². The summed E-state index contributed by atoms with van der Waals surface area (Å²) in [5, 5.41) is 5.96. The summed E-state index contributed by atoms with van der Waals surface area (Å²) in [7, 11) is 0. The predicted octanol–water partition coefficient (Wildman–Crippen LogP) is 1.78. The maximum absolute atomic E-state index is 13.5. The maximum Gasteiger partial charge on any atom is 0.246 e. The topological polar surface area (TPSA) is 87.7 Å². The molecule has 0 saturated carbocycles. The first-order chi connectivity index (χ1) is 14.5. The van der Waals surface area contributed by atoms with Gasteiger partial charge < -0.3 is 20.3 Å². The van der Waals surface area contributed by atoms with Gasteiger partial charge in [0.1, 0.15) is 11.6 Å². The number of carbonyl (C=O) groups excluding carboxylic acids is 3. The molecular weight excluding hydrogens is 394 g/mol. The highest BCUT2D eigenvalue weighted by molar-refractivity contribution is 6.00. The van der Waals surface area contributed by atoms with E-state index in [1.165, 1.54) is 0 Å². The largest absolute Gasteiger partial charge is 0.359 e. The smallest absolute Gasteiger partial charge is 0.246 e. The molecule has 7 heteroatoms. The lowest BCUT2D eigenvalue weighted by molar-refractivity contribution is -0.144. The van der Waals surface area contributed by atoms with Crippen molar-refractivity contribution >= 4 is 17.7 Å². The van der Waals surface area contributed by atoms with E-state index in [9.17, 15) is 14.4 Å². The normalized spacial score (nSPS) is 31.3. The van der Waals surface area contributed by atoms with Gasteiger partial charge in [-0.05, 0) is 40.2 Å². The first-order valence-electron chi connectivity index (χ1n) is 10.9. The second-order valence-corrected chi connectivity index (χ2v) is 9.98. The number of ether oxygens (including phenoxy) is 1. The minimum atomic E-state index is -1.11. The molecule has 3 aliphatic heterocycles. The fourth-order valence-corrected chi connectivity index (χ4v) is 5.10. The van der Waals surface area contributed by atoms with Gasteiger partial charge in [0.2, 0.25) is 17.7 Å². The van der Waals surface area contributed by atoms with Crippen LogP contribution in [0.4, 0.5) is 0 Å². The third kappa shape index (κ3) is 3.55. The Bertz CT molecular complexity index is 921. The van der Waals surface area contributed by atoms with Crippen molar-refractivity contribution < 1.29 is 19.1 Å². The molecule has 3 heterocycles. The average molecular weight is 426 g/mol. The van der Waals surface area contributed by atoms with E-state index < -0.39 is 35.1 Å². The molecule has 2 fully saturated rings. The molecular formula is C24H31N3O4. The summed E-state index contributed by atoms with van der Waals surface area (Å²) in [6.45, 7) is 9.85. The van der Waals surface area contributed by atoms with Crippen molar-refractivity contribution in [1.82, 2.24) is 15.5 Å². The van der Waals surface area contributed by atoms with Gasteiger partial charge in [-0.25, -0.2) is 0 Å². The van der Waals surface area contributed by atoms with Crippen molar-refractivity contribution in [3.05, 3.63) is 48.0 Å². The number of nitrogens with one attached hydrogen (secondary N) is 2. The third-order valence-corrected chi connectivity index (χ3v) is 6.23. The van der Waals surface area contributed by atoms with Gasteiger partial charge in [-0.1, -0.05) is 42.5 Å². The molecule has 0 aromatic heterocycles. The Balaban J connectivity index is 1.62. The molecule has 31 heavy (non-hydrogen) atoms. The molecule has 0 aliphatic carbocycles. The van der Waals surface area contributed by atoms with Crippen LogP contribution in [0, 0.1) is 11.8 Å². The zero-order chi connectivity index (χ0) is 22.6. The van der Waals surface area contributed by atoms with E-state index in [2.05, 4.69) is 10.6 Å². The Labute approximate surface area is 183 Å². The van der Waals surface area contributed by atoms with Crippen molar-refractivity contribution in [1.29, 1.82) is 0 Å². The van der Waals surface area contributed by atoms with E-state index in [0.717, 1.165) is 5.56 Å². The van der Waals surface area contributed by atoms with E-state index in [1.807, 2.05) is 77.1 Å². The molecule has 4 rings (SSSR count). The number of rotatable bonds is 5. The molecule has 3 amide bonds. The molecule has 7 nitrogen and oxygen atoms in total. The van der Waals surface area contributed by atoms with Crippen molar-refractivity contribution in [2.24, 2.45) is 11.8 Å². The summed E-state index contributed by atoms with van der Waals surface area (Å²) in [5.74, 6) is -2.05. The van der Waals surface area contributed by atoms with Crippen LogP contribution in [0.5, 0.6) is 0 Å². The number of hydrogen-bond acceptors (Lipinski definition) is 4. The van der Waals surface area contributed by atoms with Crippen molar-refractivity contribution in [2.45, 2.75) is 70.5 Å². The molecule has 166 valence electrons. The summed E-state index contributed by atoms with van der Waals surface area (Å²) in [6, 6.07) is 8.62. The van der Waals surface area contributed by atoms with Gasteiger partial charge in [-0.2, -0.15) is 0 Å². The van der Waals surface area contributed by atoms with Crippen molar-refractivity contribution in [2.75, 3.05) is 0 Å². The fraction of sp³-hybridized carbons (Fsp3) is 0.542. The van der Waals surface area contributed by atoms with E-state index in [-0.39, 0.29) is 23.8 Å². The van der Waals surface area contributed by atoms with Gasteiger partial charge in [-0.3, -0.25) is 14.4 Å². The van der Waals surface area contributed by atoms with Crippen molar-refractivity contribution in [3.63, 3.8) is 0 Å². The first kappa shape index (κ1) is 21.6. The van der Waals surface area contributed by atoms with E-state index in [1.54, 1.807) is 4.90 Å². The van der Waals surface area contributed by atoms with Crippen LogP contribution in [0.15, 0.2) is 42.5 Å². The highest BCUT2D eigenvalue weighted by atomic mass is 16.5. The molecule has 0 unspecified atom stereocenters. The quantitative estimate of drug-likeness (QED) is 0.704. The fourth-order valence-electron chi connectivity index (χ4n) is 5.10. The van der Waals surface area contributed by atoms with Crippen LogP contribution in [0.3, 0.4) is 0 Å². The van der Waals surface area contributed by atoms with E-state index >= 15 is 0 Å². The number of carbonyl (C=O) groups is 3. The van der Waals surface area contributed by atoms with Gasteiger partial charge in [0.15, 0.2) is 0 Å². The molecule has 2 N–H and O–H groups in total. The zero-order valence-electron chi connectivity index (χ0n) is 18.7. The average Bonchev–Trinajstić information content (AvgIpc) is 3.32. The lowest BCUT2D eigenvalue weighted by atomic mass is 9.74. The SMILES string of the molecule is CC(C)N1C(=O)[C@H]2[C@H](C(=O)NCc3ccccc3)[C@@H]3C=C[C@]2(O3)[C@@H]1C(=O)NC(C)(C)C. The predicted molar refractivity (Wildman–Crippen MR) is 116 cm³/mol. The first-order valence-corrected chi connectivity index (χ1v) is 10.9. The Hall–Kier alpha value is -2.67. The maximum atomic E-state index is 13.5. The highest BCUT2D eigenvalue weighted by Crippen LogP contribution is 2.55. The lowest BCUT2D eigenvalue weighted by Gasteiger charge is -2.36. The standard InChI is InChI=1S/C24H31N3O4/c1-14(2)27-19(21(29)26-23(3,4)5)24-12-11-16(31-24)17(18(24)22(27)30)20(28)25-13-15-9-7-6-8-10-15/h6-12,14,16-19H,13H2,1-5H3,(H,25,28)(H,26,29)/t16-,17+,18+,19-,24+/m0/s1. The number of benzene rings is 1. The van der Waals surface area contributed by atoms with Crippen molar-refractivity contribution in [3.8, 4) is 0 Å². The second-order valence-electron chi connectivity index (χ2n) is 9.98. The van der Waals surface area contributed by atoms with Crippen LogP contribution >= 0.6 is 0 Å². The minimum Gasteiger partial charge on any atom is -0.359 e. The summed E-state index contributed by atoms with van der Waals surface area (Å²) >= 11 is 0. The summed E-state index contributed by atoms with van der Waals surface area (Å²) in [5.41, 5.74) is -0.588. The van der Waals surface area contributed by atoms with Crippen LogP contribution in [-0.2, 0) is 25.7 Å². The van der Waals surface area contributed by atoms with Gasteiger partial charge >= 0.3 is 0 Å². The van der Waals surface area contributed by atoms with Crippen LogP contribution in [0.2, 0.25) is 0 Å². The Morgan fingerprint density at radius 1 is 1.16 bits per heavy atom. The van der Waals surface area contributed by atoms with Crippen LogP contribution in [0.1, 0.15) is 40.2 Å². The van der Waals surface area contributed by atoms with Gasteiger partial charge in [0.05, 0.1) is 17.9 Å². The Morgan fingerprint density at radius 3 is 2.45 bits per heavy atom. The summed E-state index contributed by atoms with van der Waals surface area (Å²) in [4.78, 5) is 41.6. The molecule has 2 saturated heterocycles. The molecule has 3 aliphatic rings. The molecule has 1 aromatic carbocycles. The Kier molecular flexibility index (Phi) is 5.20. The lowest BCUT2D eigenvalue weighted by Crippen LogP contribution is -2.59. The second kappa shape index (κ2) is 7.48. The van der Waals surface area contributed by atoms with Gasteiger partial charge in [0.25, 0.3) is 0 Å². The summed E-state index contributed by atoms with van der Waals surface area (Å²) in [6.07, 6.45) is 3.15. The monoisotopic (exact) mass is 425 g/mol. The molecule has 2 bridgehead atoms. The number of fused-ring (bicyclic) bond motifs is 1. The third-order valence-electron chi connectivity index (χ3n) is 6.23. The summed E-state index contributed by atoms with van der Waals surface area (Å²) < 4.78 is 6.27. The van der Waals surface area contributed by atoms with E-state index in [4.69, 9.17) is 4.74 Å². The number of nitrogens with zero attached hydrogens (tertiary/aromatic N) is 1. The number of likely N-dealkylation sites (tertiary alicyclic amines) is 1. The van der Waals surface area contributed by atoms with E-state index in [0.29, 0.717) is 6.54 Å². The Morgan fingerprint density at radius 2 is 1.84 bits per heavy atom. The molecule has 5 atom stereocenters.